The van der Waals surface area contributed by atoms with Gasteiger partial charge in [0.2, 0.25) is 0 Å². The molecule has 114 valence electrons. The van der Waals surface area contributed by atoms with Crippen LogP contribution in [0.3, 0.4) is 0 Å². The van der Waals surface area contributed by atoms with Gasteiger partial charge in [-0.25, -0.2) is 0 Å². The maximum Gasteiger partial charge on any atom is 0.257 e. The molecule has 0 unspecified atom stereocenters. The number of rotatable bonds is 2. The number of halogens is 4. The van der Waals surface area contributed by atoms with Gasteiger partial charge in [-0.05, 0) is 42.5 Å². The molecule has 0 aliphatic carbocycles. The molecule has 0 bridgehead atoms. The summed E-state index contributed by atoms with van der Waals surface area (Å²) in [5.74, 6) is -0.422. The monoisotopic (exact) mass is 392 g/mol. The highest BCUT2D eigenvalue weighted by atomic mass is 35.5. The Morgan fingerprint density at radius 3 is 2.36 bits per heavy atom. The van der Waals surface area contributed by atoms with Crippen molar-refractivity contribution in [2.45, 2.75) is 0 Å². The number of amides is 1. The summed E-state index contributed by atoms with van der Waals surface area (Å²) in [5.41, 5.74) is 0.823. The first-order chi connectivity index (χ1) is 10.4. The van der Waals surface area contributed by atoms with Crippen molar-refractivity contribution >= 4 is 75.3 Å². The van der Waals surface area contributed by atoms with Crippen molar-refractivity contribution in [2.75, 3.05) is 5.32 Å². The van der Waals surface area contributed by atoms with Crippen molar-refractivity contribution in [3.63, 3.8) is 0 Å². The van der Waals surface area contributed by atoms with Gasteiger partial charge in [0.25, 0.3) is 5.91 Å². The van der Waals surface area contributed by atoms with Gasteiger partial charge in [0, 0.05) is 5.56 Å². The molecular formula is C14H8Cl4N2OS. The van der Waals surface area contributed by atoms with E-state index in [1.54, 1.807) is 24.3 Å². The smallest absolute Gasteiger partial charge is 0.257 e. The predicted octanol–water partition coefficient (Wildman–Crippen LogP) is 5.43. The van der Waals surface area contributed by atoms with Gasteiger partial charge in [0.15, 0.2) is 5.11 Å². The molecule has 8 heteroatoms. The van der Waals surface area contributed by atoms with Crippen molar-refractivity contribution < 1.29 is 4.79 Å². The Morgan fingerprint density at radius 2 is 1.68 bits per heavy atom. The summed E-state index contributed by atoms with van der Waals surface area (Å²) in [5, 5.41) is 6.75. The van der Waals surface area contributed by atoms with Crippen molar-refractivity contribution in [2.24, 2.45) is 0 Å². The van der Waals surface area contributed by atoms with E-state index in [-0.39, 0.29) is 10.1 Å². The highest BCUT2D eigenvalue weighted by molar-refractivity contribution is 7.80. The molecule has 3 nitrogen and oxygen atoms in total. The first-order valence-corrected chi connectivity index (χ1v) is 7.82. The van der Waals surface area contributed by atoms with Crippen LogP contribution in [-0.2, 0) is 0 Å². The summed E-state index contributed by atoms with van der Waals surface area (Å²) in [6.45, 7) is 0. The average molecular weight is 394 g/mol. The zero-order chi connectivity index (χ0) is 16.3. The number of anilines is 1. The van der Waals surface area contributed by atoms with Crippen molar-refractivity contribution in [1.29, 1.82) is 0 Å². The lowest BCUT2D eigenvalue weighted by Gasteiger charge is -2.11. The Labute approximate surface area is 152 Å². The average Bonchev–Trinajstić information content (AvgIpc) is 2.46. The number of nitrogens with one attached hydrogen (secondary N) is 2. The van der Waals surface area contributed by atoms with Crippen LogP contribution < -0.4 is 10.6 Å². The summed E-state index contributed by atoms with van der Waals surface area (Å²) in [6.07, 6.45) is 0. The molecule has 0 aromatic heterocycles. The predicted molar refractivity (Wildman–Crippen MR) is 96.6 cm³/mol. The summed E-state index contributed by atoms with van der Waals surface area (Å²) < 4.78 is 0. The quantitative estimate of drug-likeness (QED) is 0.668. The van der Waals surface area contributed by atoms with E-state index in [1.807, 2.05) is 0 Å². The number of hydrogen-bond acceptors (Lipinski definition) is 2. The van der Waals surface area contributed by atoms with Gasteiger partial charge >= 0.3 is 0 Å². The van der Waals surface area contributed by atoms with E-state index < -0.39 is 5.91 Å². The van der Waals surface area contributed by atoms with Gasteiger partial charge in [-0.1, -0.05) is 52.5 Å². The van der Waals surface area contributed by atoms with Crippen LogP contribution in [0.4, 0.5) is 5.69 Å². The summed E-state index contributed by atoms with van der Waals surface area (Å²) >= 11 is 28.7. The van der Waals surface area contributed by atoms with E-state index in [0.29, 0.717) is 26.3 Å². The van der Waals surface area contributed by atoms with Crippen LogP contribution in [0.1, 0.15) is 10.4 Å². The van der Waals surface area contributed by atoms with Crippen LogP contribution in [0.5, 0.6) is 0 Å². The Balaban J connectivity index is 2.07. The van der Waals surface area contributed by atoms with E-state index in [4.69, 9.17) is 58.6 Å². The Kier molecular flexibility index (Phi) is 5.89. The largest absolute Gasteiger partial charge is 0.331 e. The minimum absolute atomic E-state index is 0.0836. The van der Waals surface area contributed by atoms with Gasteiger partial charge in [-0.3, -0.25) is 10.1 Å². The van der Waals surface area contributed by atoms with E-state index in [0.717, 1.165) is 0 Å². The van der Waals surface area contributed by atoms with E-state index >= 15 is 0 Å². The molecule has 0 fully saturated rings. The number of carbonyl (C=O) groups is 1. The number of thiocarbonyl (C=S) groups is 1. The molecule has 0 aliphatic rings. The van der Waals surface area contributed by atoms with Crippen LogP contribution in [0.15, 0.2) is 36.4 Å². The molecule has 0 radical (unpaired) electrons. The van der Waals surface area contributed by atoms with Gasteiger partial charge in [-0.15, -0.1) is 0 Å². The fourth-order valence-corrected chi connectivity index (χ4v) is 2.42. The fraction of sp³-hybridized carbons (Fsp3) is 0. The van der Waals surface area contributed by atoms with Crippen LogP contribution in [0, 0.1) is 0 Å². The van der Waals surface area contributed by atoms with Crippen molar-refractivity contribution in [1.82, 2.24) is 5.32 Å². The zero-order valence-corrected chi connectivity index (χ0v) is 14.6. The molecule has 2 N–H and O–H groups in total. The summed E-state index contributed by atoms with van der Waals surface area (Å²) in [7, 11) is 0. The Morgan fingerprint density at radius 1 is 0.955 bits per heavy atom. The summed E-state index contributed by atoms with van der Waals surface area (Å²) in [6, 6.07) is 9.56. The molecule has 22 heavy (non-hydrogen) atoms. The highest BCUT2D eigenvalue weighted by Crippen LogP contribution is 2.29. The lowest BCUT2D eigenvalue weighted by atomic mass is 10.2. The van der Waals surface area contributed by atoms with Crippen LogP contribution in [-0.4, -0.2) is 11.0 Å². The van der Waals surface area contributed by atoms with Crippen LogP contribution in [0.2, 0.25) is 20.1 Å². The normalized spacial score (nSPS) is 10.2. The van der Waals surface area contributed by atoms with E-state index in [1.165, 1.54) is 12.1 Å². The SMILES string of the molecule is O=C(NC(=S)Nc1cccc(Cl)c1Cl)c1ccc(Cl)c(Cl)c1. The molecule has 2 rings (SSSR count). The van der Waals surface area contributed by atoms with E-state index in [2.05, 4.69) is 10.6 Å². The molecule has 0 saturated carbocycles. The maximum absolute atomic E-state index is 12.1. The lowest BCUT2D eigenvalue weighted by molar-refractivity contribution is 0.0978. The van der Waals surface area contributed by atoms with E-state index in [9.17, 15) is 4.79 Å². The van der Waals surface area contributed by atoms with Gasteiger partial charge < -0.3 is 5.32 Å². The first kappa shape index (κ1) is 17.3. The Bertz CT molecular complexity index is 752. The fourth-order valence-electron chi connectivity index (χ4n) is 1.57. The third kappa shape index (κ3) is 4.24. The molecule has 0 spiro atoms. The maximum atomic E-state index is 12.1. The molecule has 0 saturated heterocycles. The summed E-state index contributed by atoms with van der Waals surface area (Å²) in [4.78, 5) is 12.1. The molecule has 1 amide bonds. The van der Waals surface area contributed by atoms with Crippen molar-refractivity contribution in [3.05, 3.63) is 62.1 Å². The standard InChI is InChI=1S/C14H8Cl4N2OS/c15-8-5-4-7(6-10(8)17)13(21)20-14(22)19-11-3-1-2-9(16)12(11)18/h1-6H,(H2,19,20,21,22). The van der Waals surface area contributed by atoms with Crippen LogP contribution >= 0.6 is 58.6 Å². The van der Waals surface area contributed by atoms with Gasteiger partial charge in [-0.2, -0.15) is 0 Å². The molecule has 2 aromatic rings. The zero-order valence-electron chi connectivity index (χ0n) is 10.8. The van der Waals surface area contributed by atoms with Crippen molar-refractivity contribution in [3.8, 4) is 0 Å². The molecule has 0 atom stereocenters. The topological polar surface area (TPSA) is 41.1 Å². The second-order valence-electron chi connectivity index (χ2n) is 4.14. The number of hydrogen-bond donors (Lipinski definition) is 2. The number of carbonyl (C=O) groups excluding carboxylic acids is 1. The molecule has 0 heterocycles. The Hall–Kier alpha value is -1.04. The van der Waals surface area contributed by atoms with Crippen LogP contribution in [0.25, 0.3) is 0 Å². The first-order valence-electron chi connectivity index (χ1n) is 5.90. The molecular weight excluding hydrogens is 386 g/mol. The minimum atomic E-state index is -0.422. The molecule has 2 aromatic carbocycles. The lowest BCUT2D eigenvalue weighted by Crippen LogP contribution is -2.34. The third-order valence-electron chi connectivity index (χ3n) is 2.61. The van der Waals surface area contributed by atoms with Gasteiger partial charge in [0.05, 0.1) is 25.8 Å². The second-order valence-corrected chi connectivity index (χ2v) is 6.15. The molecule has 0 aliphatic heterocycles. The second kappa shape index (κ2) is 7.49. The van der Waals surface area contributed by atoms with Gasteiger partial charge in [0.1, 0.15) is 0 Å². The minimum Gasteiger partial charge on any atom is -0.331 e. The number of benzene rings is 2. The third-order valence-corrected chi connectivity index (χ3v) is 4.37. The highest BCUT2D eigenvalue weighted by Gasteiger charge is 2.11.